The lowest BCUT2D eigenvalue weighted by Gasteiger charge is -2.38. The molecule has 3 aromatic carbocycles. The Morgan fingerprint density at radius 3 is 1.93 bits per heavy atom. The topological polar surface area (TPSA) is 119 Å². The number of benzene rings is 3. The van der Waals surface area contributed by atoms with Gasteiger partial charge < -0.3 is 30.1 Å². The third-order valence-corrected chi connectivity index (χ3v) is 5.89. The van der Waals surface area contributed by atoms with Crippen molar-refractivity contribution in [2.24, 2.45) is 0 Å². The number of nitrogens with one attached hydrogen (secondary N) is 1. The number of rotatable bonds is 6. The SMILES string of the molecule is COc1ccccc1N1CCN(c2ccc(NC(=O)c3ccccc3F)cc2C(=O)O)CC1.O=C(O)C(F)(F)F. The van der Waals surface area contributed by atoms with Gasteiger partial charge in [0.2, 0.25) is 0 Å². The van der Waals surface area contributed by atoms with Crippen LogP contribution in [0.25, 0.3) is 0 Å². The molecule has 1 fully saturated rings. The number of nitrogens with zero attached hydrogens (tertiary/aromatic N) is 2. The Kier molecular flexibility index (Phi) is 9.54. The van der Waals surface area contributed by atoms with Gasteiger partial charge in [0.05, 0.1) is 29.6 Å². The summed E-state index contributed by atoms with van der Waals surface area (Å²) in [5.74, 6) is -4.33. The third-order valence-electron chi connectivity index (χ3n) is 5.89. The summed E-state index contributed by atoms with van der Waals surface area (Å²) < 4.78 is 51.1. The molecule has 13 heteroatoms. The fourth-order valence-corrected chi connectivity index (χ4v) is 3.98. The zero-order valence-electron chi connectivity index (χ0n) is 21.1. The first kappa shape index (κ1) is 29.7. The van der Waals surface area contributed by atoms with Gasteiger partial charge in [-0.15, -0.1) is 0 Å². The van der Waals surface area contributed by atoms with Gasteiger partial charge in [0.25, 0.3) is 5.91 Å². The highest BCUT2D eigenvalue weighted by Crippen LogP contribution is 2.31. The van der Waals surface area contributed by atoms with Gasteiger partial charge in [-0.3, -0.25) is 4.79 Å². The molecule has 0 radical (unpaired) electrons. The largest absolute Gasteiger partial charge is 0.495 e. The van der Waals surface area contributed by atoms with E-state index in [1.807, 2.05) is 29.2 Å². The monoisotopic (exact) mass is 563 g/mol. The third kappa shape index (κ3) is 7.40. The average molecular weight is 564 g/mol. The van der Waals surface area contributed by atoms with Gasteiger partial charge in [0, 0.05) is 31.9 Å². The first-order valence-corrected chi connectivity index (χ1v) is 11.8. The summed E-state index contributed by atoms with van der Waals surface area (Å²) in [7, 11) is 1.64. The number of hydrogen-bond donors (Lipinski definition) is 3. The number of amides is 1. The zero-order valence-corrected chi connectivity index (χ0v) is 21.1. The van der Waals surface area contributed by atoms with E-state index in [2.05, 4.69) is 10.2 Å². The van der Waals surface area contributed by atoms with Crippen LogP contribution in [0.1, 0.15) is 20.7 Å². The second-order valence-corrected chi connectivity index (χ2v) is 8.42. The molecule has 1 aliphatic heterocycles. The first-order valence-electron chi connectivity index (χ1n) is 11.8. The van der Waals surface area contributed by atoms with Crippen LogP contribution < -0.4 is 19.9 Å². The first-order chi connectivity index (χ1) is 18.9. The summed E-state index contributed by atoms with van der Waals surface area (Å²) in [4.78, 5) is 37.5. The Morgan fingerprint density at radius 1 is 0.825 bits per heavy atom. The minimum atomic E-state index is -5.08. The average Bonchev–Trinajstić information content (AvgIpc) is 2.93. The molecule has 1 aliphatic rings. The van der Waals surface area contributed by atoms with Crippen LogP contribution >= 0.6 is 0 Å². The van der Waals surface area contributed by atoms with Crippen molar-refractivity contribution in [2.75, 3.05) is 48.4 Å². The minimum absolute atomic E-state index is 0.0760. The van der Waals surface area contributed by atoms with Crippen LogP contribution in [0.15, 0.2) is 66.7 Å². The van der Waals surface area contributed by atoms with Crippen LogP contribution in [0.2, 0.25) is 0 Å². The molecule has 1 amide bonds. The summed E-state index contributed by atoms with van der Waals surface area (Å²) in [6.45, 7) is 2.65. The Hall–Kier alpha value is -4.81. The summed E-state index contributed by atoms with van der Waals surface area (Å²) in [5, 5.41) is 19.5. The van der Waals surface area contributed by atoms with Crippen molar-refractivity contribution in [1.29, 1.82) is 0 Å². The molecule has 3 N–H and O–H groups in total. The second-order valence-electron chi connectivity index (χ2n) is 8.42. The zero-order chi connectivity index (χ0) is 29.4. The molecule has 0 spiro atoms. The highest BCUT2D eigenvalue weighted by atomic mass is 19.4. The maximum Gasteiger partial charge on any atom is 0.490 e. The van der Waals surface area contributed by atoms with Gasteiger partial charge in [-0.05, 0) is 42.5 Å². The van der Waals surface area contributed by atoms with Crippen LogP contribution in [0.4, 0.5) is 34.6 Å². The number of methoxy groups -OCH3 is 1. The van der Waals surface area contributed by atoms with E-state index >= 15 is 0 Å². The Balaban J connectivity index is 0.000000559. The van der Waals surface area contributed by atoms with Crippen LogP contribution in [0, 0.1) is 5.82 Å². The number of carboxylic acid groups (broad SMARTS) is 2. The molecule has 4 rings (SSSR count). The summed E-state index contributed by atoms with van der Waals surface area (Å²) in [6, 6.07) is 18.2. The number of aromatic carboxylic acids is 1. The molecular formula is C27H25F4N3O6. The number of ether oxygens (including phenoxy) is 1. The molecule has 1 heterocycles. The lowest BCUT2D eigenvalue weighted by Crippen LogP contribution is -2.47. The Morgan fingerprint density at radius 2 is 1.38 bits per heavy atom. The normalized spacial score (nSPS) is 13.1. The molecular weight excluding hydrogens is 538 g/mol. The Labute approximate surface area is 226 Å². The predicted molar refractivity (Wildman–Crippen MR) is 139 cm³/mol. The fourth-order valence-electron chi connectivity index (χ4n) is 3.98. The molecule has 9 nitrogen and oxygen atoms in total. The van der Waals surface area contributed by atoms with E-state index in [4.69, 9.17) is 14.6 Å². The van der Waals surface area contributed by atoms with E-state index in [0.29, 0.717) is 31.9 Å². The van der Waals surface area contributed by atoms with Crippen molar-refractivity contribution < 1.29 is 46.9 Å². The standard InChI is InChI=1S/C25H24FN3O4.C2HF3O2/c1-33-23-9-5-4-8-22(23)29-14-12-28(13-15-29)21-11-10-17(16-19(21)25(31)32)27-24(30)18-6-2-3-7-20(18)26;3-2(4,5)1(6)7/h2-11,16H,12-15H2,1H3,(H,27,30)(H,31,32);(H,6,7). The quantitative estimate of drug-likeness (QED) is 0.368. The molecule has 0 aliphatic carbocycles. The Bertz CT molecular complexity index is 1370. The van der Waals surface area contributed by atoms with Crippen molar-refractivity contribution in [3.63, 3.8) is 0 Å². The van der Waals surface area contributed by atoms with Gasteiger partial charge in [-0.1, -0.05) is 24.3 Å². The molecule has 1 saturated heterocycles. The van der Waals surface area contributed by atoms with Crippen LogP contribution in [0.5, 0.6) is 5.75 Å². The second kappa shape index (κ2) is 12.8. The number of aliphatic carboxylic acids is 1. The summed E-state index contributed by atoms with van der Waals surface area (Å²) in [6.07, 6.45) is -5.08. The lowest BCUT2D eigenvalue weighted by atomic mass is 10.1. The fraction of sp³-hybridized carbons (Fsp3) is 0.222. The van der Waals surface area contributed by atoms with Crippen molar-refractivity contribution in [3.05, 3.63) is 83.7 Å². The van der Waals surface area contributed by atoms with Crippen molar-refractivity contribution in [1.82, 2.24) is 0 Å². The van der Waals surface area contributed by atoms with Gasteiger partial charge >= 0.3 is 18.1 Å². The molecule has 0 saturated carbocycles. The highest BCUT2D eigenvalue weighted by Gasteiger charge is 2.38. The number of para-hydroxylation sites is 2. The smallest absolute Gasteiger partial charge is 0.490 e. The van der Waals surface area contributed by atoms with Gasteiger partial charge in [0.1, 0.15) is 11.6 Å². The van der Waals surface area contributed by atoms with Gasteiger partial charge in [0.15, 0.2) is 0 Å². The van der Waals surface area contributed by atoms with Crippen LogP contribution in [-0.2, 0) is 4.79 Å². The molecule has 212 valence electrons. The number of halogens is 4. The van der Waals surface area contributed by atoms with E-state index in [0.717, 1.165) is 11.4 Å². The van der Waals surface area contributed by atoms with Crippen molar-refractivity contribution in [3.8, 4) is 5.75 Å². The molecule has 0 aromatic heterocycles. The number of carboxylic acids is 2. The van der Waals surface area contributed by atoms with Crippen LogP contribution in [0.3, 0.4) is 0 Å². The number of carbonyl (C=O) groups is 3. The van der Waals surface area contributed by atoms with Crippen molar-refractivity contribution >= 4 is 34.9 Å². The van der Waals surface area contributed by atoms with E-state index < -0.39 is 29.8 Å². The summed E-state index contributed by atoms with van der Waals surface area (Å²) >= 11 is 0. The lowest BCUT2D eigenvalue weighted by molar-refractivity contribution is -0.192. The maximum absolute atomic E-state index is 13.9. The highest BCUT2D eigenvalue weighted by molar-refractivity contribution is 6.05. The molecule has 0 atom stereocenters. The van der Waals surface area contributed by atoms with E-state index in [1.54, 1.807) is 25.3 Å². The molecule has 3 aromatic rings. The number of carbonyl (C=O) groups excluding carboxylic acids is 1. The predicted octanol–water partition coefficient (Wildman–Crippen LogP) is 4.74. The van der Waals surface area contributed by atoms with Crippen LogP contribution in [-0.4, -0.2) is 67.5 Å². The number of alkyl halides is 3. The molecule has 0 bridgehead atoms. The van der Waals surface area contributed by atoms with E-state index in [9.17, 15) is 32.3 Å². The van der Waals surface area contributed by atoms with Gasteiger partial charge in [-0.25, -0.2) is 14.0 Å². The van der Waals surface area contributed by atoms with E-state index in [1.165, 1.54) is 24.3 Å². The number of anilines is 3. The summed E-state index contributed by atoms with van der Waals surface area (Å²) in [5.41, 5.74) is 1.84. The number of hydrogen-bond acceptors (Lipinski definition) is 6. The number of piperazine rings is 1. The maximum atomic E-state index is 13.9. The van der Waals surface area contributed by atoms with Crippen molar-refractivity contribution in [2.45, 2.75) is 6.18 Å². The minimum Gasteiger partial charge on any atom is -0.495 e. The molecule has 0 unspecified atom stereocenters. The van der Waals surface area contributed by atoms with Gasteiger partial charge in [-0.2, -0.15) is 13.2 Å². The molecule has 40 heavy (non-hydrogen) atoms. The van der Waals surface area contributed by atoms with E-state index in [-0.39, 0.29) is 16.8 Å².